The van der Waals surface area contributed by atoms with Crippen LogP contribution in [0.1, 0.15) is 24.4 Å². The molecule has 0 radical (unpaired) electrons. The van der Waals surface area contributed by atoms with Gasteiger partial charge < -0.3 is 19.9 Å². The third kappa shape index (κ3) is 3.10. The Morgan fingerprint density at radius 3 is 3.10 bits per heavy atom. The Hall–Kier alpha value is -3.43. The summed E-state index contributed by atoms with van der Waals surface area (Å²) in [4.78, 5) is 25.0. The topological polar surface area (TPSA) is 87.9 Å². The van der Waals surface area contributed by atoms with E-state index in [1.54, 1.807) is 24.0 Å². The van der Waals surface area contributed by atoms with E-state index in [-0.39, 0.29) is 18.7 Å². The molecule has 1 N–H and O–H groups in total. The van der Waals surface area contributed by atoms with Gasteiger partial charge in [0.1, 0.15) is 23.9 Å². The molecule has 5 rings (SSSR count). The van der Waals surface area contributed by atoms with E-state index in [1.807, 2.05) is 6.07 Å². The van der Waals surface area contributed by atoms with E-state index >= 15 is 0 Å². The Labute approximate surface area is 166 Å². The summed E-state index contributed by atoms with van der Waals surface area (Å²) >= 11 is 0. The van der Waals surface area contributed by atoms with E-state index in [4.69, 9.17) is 9.72 Å². The molecule has 3 aromatic heterocycles. The molecule has 0 aromatic carbocycles. The van der Waals surface area contributed by atoms with Crippen LogP contribution in [0.4, 0.5) is 20.7 Å². The van der Waals surface area contributed by atoms with Crippen molar-refractivity contribution in [2.75, 3.05) is 37.0 Å². The largest absolute Gasteiger partial charge is 0.476 e. The van der Waals surface area contributed by atoms with Crippen molar-refractivity contribution in [2.45, 2.75) is 18.9 Å². The van der Waals surface area contributed by atoms with Crippen LogP contribution in [0.15, 0.2) is 30.7 Å². The predicted molar refractivity (Wildman–Crippen MR) is 104 cm³/mol. The normalized spacial score (nSPS) is 19.5. The zero-order valence-electron chi connectivity index (χ0n) is 15.9. The van der Waals surface area contributed by atoms with Crippen molar-refractivity contribution in [3.05, 3.63) is 42.1 Å². The van der Waals surface area contributed by atoms with E-state index in [9.17, 15) is 9.18 Å². The molecule has 29 heavy (non-hydrogen) atoms. The van der Waals surface area contributed by atoms with Crippen LogP contribution in [0.25, 0.3) is 5.65 Å². The summed E-state index contributed by atoms with van der Waals surface area (Å²) in [5, 5.41) is 7.11. The second-order valence-electron chi connectivity index (χ2n) is 7.21. The fourth-order valence-corrected chi connectivity index (χ4v) is 3.86. The van der Waals surface area contributed by atoms with Gasteiger partial charge in [-0.25, -0.2) is 23.7 Å². The van der Waals surface area contributed by atoms with Crippen LogP contribution in [-0.2, 0) is 0 Å². The predicted octanol–water partition coefficient (Wildman–Crippen LogP) is 2.46. The number of anilines is 2. The maximum atomic E-state index is 14.0. The molecule has 1 saturated heterocycles. The minimum Gasteiger partial charge on any atom is -0.476 e. The van der Waals surface area contributed by atoms with Crippen LogP contribution in [-0.4, -0.2) is 57.3 Å². The van der Waals surface area contributed by atoms with Gasteiger partial charge in [0.25, 0.3) is 0 Å². The maximum Gasteiger partial charge on any atom is 0.321 e. The lowest BCUT2D eigenvalue weighted by molar-refractivity contribution is 0.205. The third-order valence-electron chi connectivity index (χ3n) is 5.36. The molecule has 0 spiro atoms. The van der Waals surface area contributed by atoms with E-state index in [1.165, 1.54) is 11.0 Å². The number of halogens is 1. The van der Waals surface area contributed by atoms with Crippen molar-refractivity contribution < 1.29 is 13.9 Å². The molecule has 150 valence electrons. The lowest BCUT2D eigenvalue weighted by Crippen LogP contribution is -2.35. The minimum absolute atomic E-state index is 0.0928. The van der Waals surface area contributed by atoms with Gasteiger partial charge >= 0.3 is 6.03 Å². The van der Waals surface area contributed by atoms with Crippen LogP contribution in [0.2, 0.25) is 0 Å². The summed E-state index contributed by atoms with van der Waals surface area (Å²) in [5.74, 6) is 0.718. The smallest absolute Gasteiger partial charge is 0.321 e. The van der Waals surface area contributed by atoms with Crippen LogP contribution in [0.3, 0.4) is 0 Å². The summed E-state index contributed by atoms with van der Waals surface area (Å²) in [5.41, 5.74) is 1.79. The minimum atomic E-state index is -0.404. The highest BCUT2D eigenvalue weighted by Crippen LogP contribution is 2.39. The Balaban J connectivity index is 1.65. The first kappa shape index (κ1) is 17.7. The first-order valence-electron chi connectivity index (χ1n) is 9.51. The number of fused-ring (bicyclic) bond motifs is 5. The first-order valence-corrected chi connectivity index (χ1v) is 9.51. The van der Waals surface area contributed by atoms with Crippen LogP contribution in [0.5, 0.6) is 5.88 Å². The van der Waals surface area contributed by atoms with E-state index in [0.717, 1.165) is 31.4 Å². The Kier molecular flexibility index (Phi) is 4.18. The summed E-state index contributed by atoms with van der Waals surface area (Å²) in [7, 11) is 1.67. The number of rotatable bonds is 0. The lowest BCUT2D eigenvalue weighted by atomic mass is 10.1. The average Bonchev–Trinajstić information content (AvgIpc) is 3.35. The molecule has 0 saturated carbocycles. The van der Waals surface area contributed by atoms with Gasteiger partial charge in [0.05, 0.1) is 25.0 Å². The Morgan fingerprint density at radius 1 is 1.31 bits per heavy atom. The van der Waals surface area contributed by atoms with E-state index in [2.05, 4.69) is 20.3 Å². The monoisotopic (exact) mass is 397 g/mol. The number of likely N-dealkylation sites (N-methyl/N-ethyl adjacent to an activating group) is 1. The average molecular weight is 397 g/mol. The fraction of sp³-hybridized carbons (Fsp3) is 0.368. The van der Waals surface area contributed by atoms with Crippen molar-refractivity contribution in [3.8, 4) is 5.88 Å². The number of hydrogen-bond acceptors (Lipinski definition) is 6. The highest BCUT2D eigenvalue weighted by Gasteiger charge is 2.31. The Bertz CT molecular complexity index is 1090. The molecule has 2 aliphatic rings. The van der Waals surface area contributed by atoms with Gasteiger partial charge in [-0.15, -0.1) is 0 Å². The van der Waals surface area contributed by atoms with Crippen LogP contribution >= 0.6 is 0 Å². The van der Waals surface area contributed by atoms with Crippen molar-refractivity contribution in [1.29, 1.82) is 0 Å². The van der Waals surface area contributed by atoms with Crippen LogP contribution < -0.4 is 15.0 Å². The van der Waals surface area contributed by atoms with Crippen molar-refractivity contribution in [2.24, 2.45) is 0 Å². The zero-order chi connectivity index (χ0) is 20.0. The maximum absolute atomic E-state index is 14.0. The molecule has 10 heteroatoms. The molecular weight excluding hydrogens is 377 g/mol. The molecule has 2 bridgehead atoms. The molecule has 1 fully saturated rings. The first-order chi connectivity index (χ1) is 14.1. The molecule has 3 aromatic rings. The number of ether oxygens (including phenoxy) is 1. The van der Waals surface area contributed by atoms with Gasteiger partial charge in [-0.3, -0.25) is 0 Å². The number of nitrogens with one attached hydrogen (secondary N) is 1. The summed E-state index contributed by atoms with van der Waals surface area (Å²) in [6.45, 7) is 1.37. The molecule has 1 atom stereocenters. The number of hydrogen-bond donors (Lipinski definition) is 1. The van der Waals surface area contributed by atoms with E-state index < -0.39 is 5.82 Å². The number of amides is 2. The number of aromatic nitrogens is 4. The lowest BCUT2D eigenvalue weighted by Gasteiger charge is -2.27. The quantitative estimate of drug-likeness (QED) is 0.627. The molecule has 2 amide bonds. The standard InChI is InChI=1S/C19H20FN7O2/c1-25-7-8-29-18-13(9-12(20)10-21-18)15-3-2-5-26(15)16-4-6-27-17(24-16)14(11-22-27)23-19(25)28/h4,6,9-11,15H,2-3,5,7-8H2,1H3,(H,23,28)/t15-/m1/s1. The highest BCUT2D eigenvalue weighted by atomic mass is 19.1. The SMILES string of the molecule is CN1CCOc2ncc(F)cc2[C@H]2CCCN2c2ccn3ncc(c3n2)NC1=O. The Morgan fingerprint density at radius 2 is 2.21 bits per heavy atom. The fourth-order valence-electron chi connectivity index (χ4n) is 3.86. The van der Waals surface area contributed by atoms with Gasteiger partial charge in [0.15, 0.2) is 5.65 Å². The zero-order valence-corrected chi connectivity index (χ0v) is 15.9. The molecular formula is C19H20FN7O2. The van der Waals surface area contributed by atoms with Crippen molar-refractivity contribution in [1.82, 2.24) is 24.5 Å². The van der Waals surface area contributed by atoms with Crippen molar-refractivity contribution >= 4 is 23.2 Å². The number of nitrogens with zero attached hydrogens (tertiary/aromatic N) is 6. The van der Waals surface area contributed by atoms with Crippen molar-refractivity contribution in [3.63, 3.8) is 0 Å². The second kappa shape index (κ2) is 6.87. The molecule has 0 unspecified atom stereocenters. The second-order valence-corrected chi connectivity index (χ2v) is 7.21. The van der Waals surface area contributed by atoms with Gasteiger partial charge in [0.2, 0.25) is 5.88 Å². The van der Waals surface area contributed by atoms with Gasteiger partial charge in [-0.1, -0.05) is 0 Å². The number of carbonyl (C=O) groups is 1. The van der Waals surface area contributed by atoms with Gasteiger partial charge in [-0.05, 0) is 25.0 Å². The molecule has 0 aliphatic carbocycles. The molecule has 2 aliphatic heterocycles. The summed E-state index contributed by atoms with van der Waals surface area (Å²) in [6, 6.07) is 2.97. The van der Waals surface area contributed by atoms with E-state index in [0.29, 0.717) is 29.3 Å². The van der Waals surface area contributed by atoms with Gasteiger partial charge in [-0.2, -0.15) is 5.10 Å². The number of pyridine rings is 1. The molecule has 5 heterocycles. The summed E-state index contributed by atoms with van der Waals surface area (Å²) in [6.07, 6.45) is 6.33. The highest BCUT2D eigenvalue weighted by molar-refractivity contribution is 5.93. The van der Waals surface area contributed by atoms with Gasteiger partial charge in [0, 0.05) is 25.4 Å². The summed E-state index contributed by atoms with van der Waals surface area (Å²) < 4.78 is 21.5. The third-order valence-corrected chi connectivity index (χ3v) is 5.36. The molecule has 9 nitrogen and oxygen atoms in total. The number of urea groups is 1. The number of carbonyl (C=O) groups excluding carboxylic acids is 1. The van der Waals surface area contributed by atoms with Crippen LogP contribution in [0, 0.1) is 5.82 Å².